The molecule has 2 aliphatic heterocycles. The Hall–Kier alpha value is -0.710. The number of hydrogen-bond acceptors (Lipinski definition) is 5. The molecule has 2 rings (SSSR count). The van der Waals surface area contributed by atoms with Gasteiger partial charge in [-0.2, -0.15) is 17.0 Å². The Labute approximate surface area is 144 Å². The molecule has 0 aromatic rings. The zero-order valence-corrected chi connectivity index (χ0v) is 15.9. The number of piperidine rings is 1. The molecule has 10 heteroatoms. The summed E-state index contributed by atoms with van der Waals surface area (Å²) in [6, 6.07) is -0.487. The molecule has 1 N–H and O–H groups in total. The molecular weight excluding hydrogens is 354 g/mol. The predicted octanol–water partition coefficient (Wildman–Crippen LogP) is -0.269. The van der Waals surface area contributed by atoms with Crippen molar-refractivity contribution in [1.82, 2.24) is 13.9 Å². The maximum absolute atomic E-state index is 12.8. The maximum Gasteiger partial charge on any atom is 0.282 e. The van der Waals surface area contributed by atoms with E-state index in [1.807, 2.05) is 6.92 Å². The van der Waals surface area contributed by atoms with Crippen molar-refractivity contribution in [2.75, 3.05) is 31.1 Å². The molecule has 2 aliphatic rings. The third kappa shape index (κ3) is 4.68. The molecule has 2 unspecified atom stereocenters. The zero-order valence-electron chi connectivity index (χ0n) is 14.3. The fourth-order valence-electron chi connectivity index (χ4n) is 3.26. The van der Waals surface area contributed by atoms with E-state index >= 15 is 0 Å². The van der Waals surface area contributed by atoms with Crippen LogP contribution in [0.1, 0.15) is 39.5 Å². The highest BCUT2D eigenvalue weighted by molar-refractivity contribution is 7.91. The smallest absolute Gasteiger partial charge is 0.282 e. The molecule has 2 atom stereocenters. The number of sulfone groups is 1. The van der Waals surface area contributed by atoms with Gasteiger partial charge in [0, 0.05) is 25.2 Å². The molecule has 2 heterocycles. The summed E-state index contributed by atoms with van der Waals surface area (Å²) in [4.78, 5) is 12.2. The van der Waals surface area contributed by atoms with E-state index in [0.717, 1.165) is 23.6 Å². The molecule has 2 saturated heterocycles. The normalized spacial score (nSPS) is 28.1. The molecule has 2 fully saturated rings. The van der Waals surface area contributed by atoms with E-state index in [0.29, 0.717) is 13.0 Å². The van der Waals surface area contributed by atoms with E-state index in [9.17, 15) is 21.6 Å². The number of carbonyl (C=O) groups is 1. The van der Waals surface area contributed by atoms with E-state index in [-0.39, 0.29) is 30.6 Å². The number of likely N-dealkylation sites (N-methyl/N-ethyl adjacent to an activating group) is 1. The number of amides is 1. The summed E-state index contributed by atoms with van der Waals surface area (Å²) in [5.41, 5.74) is 0. The van der Waals surface area contributed by atoms with E-state index in [1.54, 1.807) is 6.92 Å². The van der Waals surface area contributed by atoms with Crippen molar-refractivity contribution in [3.63, 3.8) is 0 Å². The van der Waals surface area contributed by atoms with Crippen molar-refractivity contribution in [2.45, 2.75) is 51.6 Å². The van der Waals surface area contributed by atoms with Crippen LogP contribution in [-0.4, -0.2) is 74.6 Å². The van der Waals surface area contributed by atoms with Gasteiger partial charge in [0.05, 0.1) is 18.1 Å². The summed E-state index contributed by atoms with van der Waals surface area (Å²) >= 11 is 0. The summed E-state index contributed by atoms with van der Waals surface area (Å²) in [6.45, 7) is 3.97. The topological polar surface area (TPSA) is 104 Å². The maximum atomic E-state index is 12.8. The highest BCUT2D eigenvalue weighted by Gasteiger charge is 2.35. The van der Waals surface area contributed by atoms with E-state index in [4.69, 9.17) is 0 Å². The molecule has 0 spiro atoms. The molecule has 0 aromatic carbocycles. The summed E-state index contributed by atoms with van der Waals surface area (Å²) in [5, 5.41) is 2.64. The molecule has 140 valence electrons. The van der Waals surface area contributed by atoms with Gasteiger partial charge in [0.25, 0.3) is 10.2 Å². The van der Waals surface area contributed by atoms with Crippen molar-refractivity contribution in [3.05, 3.63) is 0 Å². The Kier molecular flexibility index (Phi) is 6.27. The van der Waals surface area contributed by atoms with Gasteiger partial charge in [-0.1, -0.05) is 13.3 Å². The molecule has 0 bridgehead atoms. The molecule has 0 aromatic heterocycles. The number of nitrogens with one attached hydrogen (secondary N) is 1. The van der Waals surface area contributed by atoms with Crippen LogP contribution in [0.4, 0.5) is 0 Å². The largest absolute Gasteiger partial charge is 0.351 e. The predicted molar refractivity (Wildman–Crippen MR) is 91.4 cm³/mol. The van der Waals surface area contributed by atoms with Crippen molar-refractivity contribution in [1.29, 1.82) is 0 Å². The van der Waals surface area contributed by atoms with Crippen LogP contribution in [0.25, 0.3) is 0 Å². The Morgan fingerprint density at radius 3 is 2.54 bits per heavy atom. The molecule has 1 amide bonds. The lowest BCUT2D eigenvalue weighted by Crippen LogP contribution is -2.52. The molecular formula is C14H27N3O5S2. The van der Waals surface area contributed by atoms with Gasteiger partial charge in [-0.15, -0.1) is 0 Å². The Morgan fingerprint density at radius 2 is 2.00 bits per heavy atom. The average Bonchev–Trinajstić information content (AvgIpc) is 2.83. The van der Waals surface area contributed by atoms with Gasteiger partial charge in [0.1, 0.15) is 0 Å². The van der Waals surface area contributed by atoms with Gasteiger partial charge in [-0.25, -0.2) is 8.42 Å². The second kappa shape index (κ2) is 7.67. The van der Waals surface area contributed by atoms with E-state index < -0.39 is 32.0 Å². The Balaban J connectivity index is 1.99. The van der Waals surface area contributed by atoms with Crippen molar-refractivity contribution < 1.29 is 21.6 Å². The summed E-state index contributed by atoms with van der Waals surface area (Å²) in [5.74, 6) is -0.452. The Morgan fingerprint density at radius 1 is 1.29 bits per heavy atom. The summed E-state index contributed by atoms with van der Waals surface area (Å²) < 4.78 is 51.1. The fourth-order valence-corrected chi connectivity index (χ4v) is 6.76. The van der Waals surface area contributed by atoms with Gasteiger partial charge in [-0.05, 0) is 26.2 Å². The highest BCUT2D eigenvalue weighted by atomic mass is 32.2. The van der Waals surface area contributed by atoms with E-state index in [1.165, 1.54) is 4.31 Å². The quantitative estimate of drug-likeness (QED) is 0.682. The average molecular weight is 382 g/mol. The van der Waals surface area contributed by atoms with Gasteiger partial charge < -0.3 is 5.32 Å². The lowest BCUT2D eigenvalue weighted by Gasteiger charge is -2.35. The molecule has 0 saturated carbocycles. The number of hydrogen-bond donors (Lipinski definition) is 1. The van der Waals surface area contributed by atoms with Crippen LogP contribution in [0, 0.1) is 0 Å². The van der Waals surface area contributed by atoms with Crippen molar-refractivity contribution in [2.24, 2.45) is 0 Å². The summed E-state index contributed by atoms with van der Waals surface area (Å²) in [6.07, 6.45) is 3.04. The molecule has 8 nitrogen and oxygen atoms in total. The van der Waals surface area contributed by atoms with Gasteiger partial charge in [0.15, 0.2) is 9.84 Å². The van der Waals surface area contributed by atoms with Gasteiger partial charge in [0.2, 0.25) is 5.91 Å². The third-order valence-electron chi connectivity index (χ3n) is 4.63. The monoisotopic (exact) mass is 381 g/mol. The lowest BCUT2D eigenvalue weighted by atomic mass is 10.1. The van der Waals surface area contributed by atoms with Crippen LogP contribution in [0.15, 0.2) is 0 Å². The first-order chi connectivity index (χ1) is 11.2. The number of nitrogens with zero attached hydrogens (tertiary/aromatic N) is 2. The zero-order chi connectivity index (χ0) is 18.0. The molecule has 0 radical (unpaired) electrons. The van der Waals surface area contributed by atoms with Crippen LogP contribution < -0.4 is 5.32 Å². The first-order valence-corrected chi connectivity index (χ1v) is 11.6. The standard InChI is InChI=1S/C14H27N3O5S2/c1-3-16(24(21,22)17-8-5-4-6-12(17)2)10-14(18)15-13-7-9-23(19,20)11-13/h12-13H,3-11H2,1-2H3,(H,15,18). The van der Waals surface area contributed by atoms with Crippen molar-refractivity contribution >= 4 is 26.0 Å². The van der Waals surface area contributed by atoms with Crippen LogP contribution in [0.5, 0.6) is 0 Å². The second-order valence-corrected chi connectivity index (χ2v) is 10.7. The van der Waals surface area contributed by atoms with Gasteiger partial charge in [-0.3, -0.25) is 4.79 Å². The Bertz CT molecular complexity index is 662. The van der Waals surface area contributed by atoms with Crippen LogP contribution in [0.2, 0.25) is 0 Å². The summed E-state index contributed by atoms with van der Waals surface area (Å²) in [7, 11) is -6.77. The first kappa shape index (κ1) is 19.6. The third-order valence-corrected chi connectivity index (χ3v) is 8.58. The second-order valence-electron chi connectivity index (χ2n) is 6.56. The minimum absolute atomic E-state index is 0.0685. The minimum atomic E-state index is -3.69. The van der Waals surface area contributed by atoms with Crippen LogP contribution in [0.3, 0.4) is 0 Å². The lowest BCUT2D eigenvalue weighted by molar-refractivity contribution is -0.121. The minimum Gasteiger partial charge on any atom is -0.351 e. The van der Waals surface area contributed by atoms with E-state index in [2.05, 4.69) is 5.32 Å². The SMILES string of the molecule is CCN(CC(=O)NC1CCS(=O)(=O)C1)S(=O)(=O)N1CCCCC1C. The van der Waals surface area contributed by atoms with Crippen molar-refractivity contribution in [3.8, 4) is 0 Å². The highest BCUT2D eigenvalue weighted by Crippen LogP contribution is 2.22. The number of rotatable bonds is 6. The van der Waals surface area contributed by atoms with Gasteiger partial charge >= 0.3 is 0 Å². The first-order valence-electron chi connectivity index (χ1n) is 8.42. The fraction of sp³-hybridized carbons (Fsp3) is 0.929. The van der Waals surface area contributed by atoms with Crippen LogP contribution >= 0.6 is 0 Å². The molecule has 24 heavy (non-hydrogen) atoms. The molecule has 0 aliphatic carbocycles. The van der Waals surface area contributed by atoms with Crippen LogP contribution in [-0.2, 0) is 24.8 Å². The number of carbonyl (C=O) groups excluding carboxylic acids is 1.